The van der Waals surface area contributed by atoms with Crippen LogP contribution >= 0.6 is 0 Å². The van der Waals surface area contributed by atoms with Gasteiger partial charge >= 0.3 is 0 Å². The lowest BCUT2D eigenvalue weighted by atomic mass is 10.2. The summed E-state index contributed by atoms with van der Waals surface area (Å²) in [6.07, 6.45) is 6.43. The summed E-state index contributed by atoms with van der Waals surface area (Å²) in [6, 6.07) is 0.645. The van der Waals surface area contributed by atoms with Gasteiger partial charge in [0.25, 0.3) is 0 Å². The zero-order valence-corrected chi connectivity index (χ0v) is 8.14. The molecule has 0 aromatic rings. The second-order valence-corrected chi connectivity index (χ2v) is 3.58. The van der Waals surface area contributed by atoms with E-state index in [4.69, 9.17) is 4.74 Å². The van der Waals surface area contributed by atoms with E-state index in [0.717, 1.165) is 13.2 Å². The molecule has 0 aromatic carbocycles. The van der Waals surface area contributed by atoms with Crippen LogP contribution in [0.1, 0.15) is 39.0 Å². The van der Waals surface area contributed by atoms with Gasteiger partial charge in [-0.25, -0.2) is 0 Å². The molecule has 1 aliphatic heterocycles. The minimum absolute atomic E-state index is 0.645. The molecule has 2 nitrogen and oxygen atoms in total. The molecule has 1 rings (SSSR count). The van der Waals surface area contributed by atoms with Crippen molar-refractivity contribution in [3.05, 3.63) is 0 Å². The maximum atomic E-state index is 5.56. The molecular weight excluding hydrogens is 150 g/mol. The van der Waals surface area contributed by atoms with E-state index in [1.807, 2.05) is 0 Å². The van der Waals surface area contributed by atoms with Crippen LogP contribution in [0.3, 0.4) is 0 Å². The molecule has 0 aromatic heterocycles. The molecule has 12 heavy (non-hydrogen) atoms. The van der Waals surface area contributed by atoms with Gasteiger partial charge in [0.1, 0.15) is 0 Å². The van der Waals surface area contributed by atoms with Crippen molar-refractivity contribution in [1.29, 1.82) is 0 Å². The Morgan fingerprint density at radius 2 is 2.33 bits per heavy atom. The van der Waals surface area contributed by atoms with Gasteiger partial charge < -0.3 is 10.1 Å². The van der Waals surface area contributed by atoms with Crippen molar-refractivity contribution in [1.82, 2.24) is 5.32 Å². The van der Waals surface area contributed by atoms with Gasteiger partial charge in [-0.2, -0.15) is 0 Å². The third kappa shape index (κ3) is 4.07. The maximum Gasteiger partial charge on any atom is 0.0619 e. The highest BCUT2D eigenvalue weighted by Gasteiger charge is 2.12. The quantitative estimate of drug-likeness (QED) is 0.617. The molecule has 1 heterocycles. The van der Waals surface area contributed by atoms with Gasteiger partial charge in [0.15, 0.2) is 0 Å². The normalized spacial score (nSPS) is 23.2. The Bertz CT molecular complexity index is 100. The summed E-state index contributed by atoms with van der Waals surface area (Å²) in [5, 5.41) is 3.42. The molecule has 0 saturated carbocycles. The largest absolute Gasteiger partial charge is 0.380 e. The van der Waals surface area contributed by atoms with Gasteiger partial charge in [-0.1, -0.05) is 19.8 Å². The van der Waals surface area contributed by atoms with Crippen molar-refractivity contribution in [2.45, 2.75) is 45.1 Å². The number of hydrogen-bond acceptors (Lipinski definition) is 2. The van der Waals surface area contributed by atoms with Crippen LogP contribution in [0.2, 0.25) is 0 Å². The van der Waals surface area contributed by atoms with Crippen molar-refractivity contribution in [2.75, 3.05) is 19.8 Å². The maximum absolute atomic E-state index is 5.56. The molecule has 0 unspecified atom stereocenters. The van der Waals surface area contributed by atoms with E-state index in [9.17, 15) is 0 Å². The summed E-state index contributed by atoms with van der Waals surface area (Å²) in [5.41, 5.74) is 0. The first-order chi connectivity index (χ1) is 5.93. The molecule has 1 N–H and O–H groups in total. The van der Waals surface area contributed by atoms with E-state index < -0.39 is 0 Å². The van der Waals surface area contributed by atoms with E-state index in [1.54, 1.807) is 0 Å². The zero-order valence-electron chi connectivity index (χ0n) is 8.14. The molecule has 1 fully saturated rings. The Morgan fingerprint density at radius 3 is 3.00 bits per heavy atom. The summed E-state index contributed by atoms with van der Waals surface area (Å²) in [5.74, 6) is 0. The summed E-state index contributed by atoms with van der Waals surface area (Å²) < 4.78 is 5.56. The van der Waals surface area contributed by atoms with E-state index in [1.165, 1.54) is 38.6 Å². The van der Waals surface area contributed by atoms with Crippen LogP contribution in [0, 0.1) is 0 Å². The smallest absolute Gasteiger partial charge is 0.0619 e. The first-order valence-electron chi connectivity index (χ1n) is 5.24. The molecule has 1 atom stereocenters. The van der Waals surface area contributed by atoms with Gasteiger partial charge in [0.2, 0.25) is 0 Å². The Kier molecular flexibility index (Phi) is 5.37. The highest BCUT2D eigenvalue weighted by atomic mass is 16.5. The second kappa shape index (κ2) is 6.44. The minimum Gasteiger partial charge on any atom is -0.380 e. The molecule has 0 amide bonds. The van der Waals surface area contributed by atoms with E-state index in [-0.39, 0.29) is 0 Å². The topological polar surface area (TPSA) is 21.3 Å². The fourth-order valence-corrected chi connectivity index (χ4v) is 1.58. The molecule has 0 radical (unpaired) electrons. The Labute approximate surface area is 75.7 Å². The van der Waals surface area contributed by atoms with Crippen LogP contribution in [0.5, 0.6) is 0 Å². The number of nitrogens with one attached hydrogen (secondary N) is 1. The summed E-state index contributed by atoms with van der Waals surface area (Å²) in [7, 11) is 0. The van der Waals surface area contributed by atoms with Gasteiger partial charge in [-0.05, 0) is 25.8 Å². The van der Waals surface area contributed by atoms with Crippen molar-refractivity contribution in [3.8, 4) is 0 Å². The van der Waals surface area contributed by atoms with Crippen LogP contribution in [-0.2, 0) is 4.74 Å². The van der Waals surface area contributed by atoms with Crippen molar-refractivity contribution < 1.29 is 4.74 Å². The predicted molar refractivity (Wildman–Crippen MR) is 51.4 cm³/mol. The lowest BCUT2D eigenvalue weighted by molar-refractivity contribution is 0.113. The fourth-order valence-electron chi connectivity index (χ4n) is 1.58. The molecule has 0 aliphatic carbocycles. The molecule has 72 valence electrons. The molecule has 0 spiro atoms. The summed E-state index contributed by atoms with van der Waals surface area (Å²) in [6.45, 7) is 5.28. The van der Waals surface area contributed by atoms with Crippen molar-refractivity contribution >= 4 is 0 Å². The molecular formula is C10H21NO. The summed E-state index contributed by atoms with van der Waals surface area (Å²) in [4.78, 5) is 0. The van der Waals surface area contributed by atoms with Crippen LogP contribution in [0.15, 0.2) is 0 Å². The molecule has 1 aliphatic rings. The third-order valence-electron chi connectivity index (χ3n) is 2.37. The van der Waals surface area contributed by atoms with E-state index in [2.05, 4.69) is 12.2 Å². The lowest BCUT2D eigenvalue weighted by Gasteiger charge is -2.10. The third-order valence-corrected chi connectivity index (χ3v) is 2.37. The first kappa shape index (κ1) is 10.0. The van der Waals surface area contributed by atoms with Gasteiger partial charge in [0.05, 0.1) is 6.61 Å². The number of ether oxygens (including phenoxy) is 1. The van der Waals surface area contributed by atoms with Crippen LogP contribution < -0.4 is 5.32 Å². The highest BCUT2D eigenvalue weighted by molar-refractivity contribution is 4.73. The molecule has 0 bridgehead atoms. The molecule has 2 heteroatoms. The zero-order chi connectivity index (χ0) is 8.65. The van der Waals surface area contributed by atoms with Gasteiger partial charge in [-0.15, -0.1) is 0 Å². The number of hydrogen-bond donors (Lipinski definition) is 1. The monoisotopic (exact) mass is 171 g/mol. The number of unbranched alkanes of at least 4 members (excludes halogenated alkanes) is 2. The fraction of sp³-hybridized carbons (Fsp3) is 1.00. The van der Waals surface area contributed by atoms with Crippen molar-refractivity contribution in [2.24, 2.45) is 0 Å². The predicted octanol–water partition coefficient (Wildman–Crippen LogP) is 1.95. The second-order valence-electron chi connectivity index (χ2n) is 3.58. The van der Waals surface area contributed by atoms with Crippen LogP contribution in [-0.4, -0.2) is 25.8 Å². The Morgan fingerprint density at radius 1 is 1.42 bits per heavy atom. The van der Waals surface area contributed by atoms with Gasteiger partial charge in [-0.3, -0.25) is 0 Å². The average Bonchev–Trinajstić information content (AvgIpc) is 2.57. The van der Waals surface area contributed by atoms with E-state index in [0.29, 0.717) is 6.04 Å². The number of rotatable bonds is 6. The SMILES string of the molecule is CCCCCOC[C@H]1CCCN1. The first-order valence-corrected chi connectivity index (χ1v) is 5.24. The standard InChI is InChI=1S/C10H21NO/c1-2-3-4-8-12-9-10-6-5-7-11-10/h10-11H,2-9H2,1H3/t10-/m1/s1. The van der Waals surface area contributed by atoms with E-state index >= 15 is 0 Å². The Hall–Kier alpha value is -0.0800. The lowest BCUT2D eigenvalue weighted by Crippen LogP contribution is -2.26. The molecule has 1 saturated heterocycles. The van der Waals surface area contributed by atoms with Crippen molar-refractivity contribution in [3.63, 3.8) is 0 Å². The average molecular weight is 171 g/mol. The minimum atomic E-state index is 0.645. The summed E-state index contributed by atoms with van der Waals surface area (Å²) >= 11 is 0. The van der Waals surface area contributed by atoms with Crippen LogP contribution in [0.4, 0.5) is 0 Å². The van der Waals surface area contributed by atoms with Gasteiger partial charge in [0, 0.05) is 12.6 Å². The highest BCUT2D eigenvalue weighted by Crippen LogP contribution is 2.05. The Balaban J connectivity index is 1.81. The van der Waals surface area contributed by atoms with Crippen LogP contribution in [0.25, 0.3) is 0 Å².